The molecule has 0 bridgehead atoms. The molecule has 1 heterocycles. The fourth-order valence-corrected chi connectivity index (χ4v) is 2.82. The summed E-state index contributed by atoms with van der Waals surface area (Å²) in [5.74, 6) is 1.15. The van der Waals surface area contributed by atoms with Crippen LogP contribution < -0.4 is 10.1 Å². The van der Waals surface area contributed by atoms with E-state index in [0.29, 0.717) is 23.7 Å². The minimum absolute atomic E-state index is 0.170. The van der Waals surface area contributed by atoms with Gasteiger partial charge in [-0.05, 0) is 67.1 Å². The third kappa shape index (κ3) is 3.88. The number of oxazole rings is 1. The average molecular weight is 372 g/mol. The van der Waals surface area contributed by atoms with E-state index in [9.17, 15) is 4.79 Å². The van der Waals surface area contributed by atoms with Crippen molar-refractivity contribution in [2.45, 2.75) is 13.3 Å². The zero-order valence-electron chi connectivity index (χ0n) is 15.5. The summed E-state index contributed by atoms with van der Waals surface area (Å²) in [6.45, 7) is 2.72. The quantitative estimate of drug-likeness (QED) is 0.483. The number of hydrogen-bond donors (Lipinski definition) is 1. The molecule has 5 nitrogen and oxygen atoms in total. The number of para-hydroxylation sites is 2. The molecule has 140 valence electrons. The Kier molecular flexibility index (Phi) is 5.06. The van der Waals surface area contributed by atoms with E-state index < -0.39 is 0 Å². The molecule has 0 aliphatic heterocycles. The Balaban J connectivity index is 1.44. The van der Waals surface area contributed by atoms with Gasteiger partial charge in [0.1, 0.15) is 11.3 Å². The van der Waals surface area contributed by atoms with Gasteiger partial charge in [0.15, 0.2) is 5.58 Å². The maximum atomic E-state index is 12.4. The number of nitrogens with one attached hydrogen (secondary N) is 1. The van der Waals surface area contributed by atoms with Crippen molar-refractivity contribution in [1.29, 1.82) is 0 Å². The number of fused-ring (bicyclic) bond motifs is 1. The van der Waals surface area contributed by atoms with Crippen LogP contribution in [-0.2, 0) is 0 Å². The summed E-state index contributed by atoms with van der Waals surface area (Å²) in [5.41, 5.74) is 3.71. The Labute approximate surface area is 163 Å². The van der Waals surface area contributed by atoms with Gasteiger partial charge in [0.05, 0.1) is 6.61 Å². The Morgan fingerprint density at radius 1 is 1.00 bits per heavy atom. The largest absolute Gasteiger partial charge is 0.494 e. The van der Waals surface area contributed by atoms with Crippen LogP contribution in [0.5, 0.6) is 5.75 Å². The van der Waals surface area contributed by atoms with Crippen molar-refractivity contribution in [3.63, 3.8) is 0 Å². The number of rotatable bonds is 6. The molecule has 0 aliphatic rings. The topological polar surface area (TPSA) is 64.4 Å². The Morgan fingerprint density at radius 2 is 1.75 bits per heavy atom. The van der Waals surface area contributed by atoms with E-state index in [1.165, 1.54) is 0 Å². The predicted octanol–water partition coefficient (Wildman–Crippen LogP) is 5.54. The van der Waals surface area contributed by atoms with Gasteiger partial charge in [-0.3, -0.25) is 4.79 Å². The number of carbonyl (C=O) groups is 1. The summed E-state index contributed by atoms with van der Waals surface area (Å²) >= 11 is 0. The number of ether oxygens (including phenoxy) is 1. The second-order valence-electron chi connectivity index (χ2n) is 6.39. The van der Waals surface area contributed by atoms with Gasteiger partial charge >= 0.3 is 0 Å². The van der Waals surface area contributed by atoms with Gasteiger partial charge in [-0.15, -0.1) is 0 Å². The molecule has 0 unspecified atom stereocenters. The summed E-state index contributed by atoms with van der Waals surface area (Å²) in [6, 6.07) is 22.2. The minimum atomic E-state index is -0.170. The van der Waals surface area contributed by atoms with Crippen LogP contribution in [-0.4, -0.2) is 17.5 Å². The molecule has 4 rings (SSSR count). The van der Waals surface area contributed by atoms with Crippen molar-refractivity contribution < 1.29 is 13.9 Å². The molecular formula is C23H20N2O3. The maximum absolute atomic E-state index is 12.4. The molecule has 5 heteroatoms. The van der Waals surface area contributed by atoms with Crippen LogP contribution in [0, 0.1) is 0 Å². The van der Waals surface area contributed by atoms with Gasteiger partial charge < -0.3 is 14.5 Å². The van der Waals surface area contributed by atoms with Crippen LogP contribution in [0.2, 0.25) is 0 Å². The summed E-state index contributed by atoms with van der Waals surface area (Å²) in [5, 5.41) is 2.90. The molecule has 4 aromatic rings. The van der Waals surface area contributed by atoms with Crippen molar-refractivity contribution in [1.82, 2.24) is 4.98 Å². The van der Waals surface area contributed by atoms with Crippen LogP contribution in [0.1, 0.15) is 23.7 Å². The molecule has 1 N–H and O–H groups in total. The summed E-state index contributed by atoms with van der Waals surface area (Å²) in [6.07, 6.45) is 0.946. The van der Waals surface area contributed by atoms with E-state index >= 15 is 0 Å². The lowest BCUT2D eigenvalue weighted by molar-refractivity contribution is 0.102. The van der Waals surface area contributed by atoms with Crippen LogP contribution in [0.4, 0.5) is 5.69 Å². The van der Waals surface area contributed by atoms with E-state index in [4.69, 9.17) is 9.15 Å². The van der Waals surface area contributed by atoms with Crippen molar-refractivity contribution in [2.75, 3.05) is 11.9 Å². The first kappa shape index (κ1) is 17.8. The first-order valence-electron chi connectivity index (χ1n) is 9.23. The fraction of sp³-hybridized carbons (Fsp3) is 0.130. The number of nitrogens with zero attached hydrogens (tertiary/aromatic N) is 1. The van der Waals surface area contributed by atoms with E-state index in [1.54, 1.807) is 24.3 Å². The van der Waals surface area contributed by atoms with Crippen LogP contribution in [0.3, 0.4) is 0 Å². The molecule has 3 aromatic carbocycles. The Hall–Kier alpha value is -3.60. The molecule has 0 saturated heterocycles. The van der Waals surface area contributed by atoms with E-state index in [0.717, 1.165) is 28.8 Å². The number of anilines is 1. The molecule has 28 heavy (non-hydrogen) atoms. The third-order valence-electron chi connectivity index (χ3n) is 4.27. The number of aromatic nitrogens is 1. The second kappa shape index (κ2) is 7.96. The van der Waals surface area contributed by atoms with Gasteiger partial charge in [-0.25, -0.2) is 4.98 Å². The smallest absolute Gasteiger partial charge is 0.255 e. The van der Waals surface area contributed by atoms with Crippen molar-refractivity contribution >= 4 is 22.7 Å². The Morgan fingerprint density at radius 3 is 2.46 bits per heavy atom. The molecule has 0 radical (unpaired) electrons. The number of hydrogen-bond acceptors (Lipinski definition) is 4. The molecule has 0 fully saturated rings. The normalized spacial score (nSPS) is 10.8. The number of benzene rings is 3. The lowest BCUT2D eigenvalue weighted by atomic mass is 10.1. The predicted molar refractivity (Wildman–Crippen MR) is 110 cm³/mol. The highest BCUT2D eigenvalue weighted by Crippen LogP contribution is 2.25. The minimum Gasteiger partial charge on any atom is -0.494 e. The van der Waals surface area contributed by atoms with Gasteiger partial charge in [0, 0.05) is 16.8 Å². The lowest BCUT2D eigenvalue weighted by Gasteiger charge is -2.07. The molecular weight excluding hydrogens is 352 g/mol. The maximum Gasteiger partial charge on any atom is 0.255 e. The molecule has 0 saturated carbocycles. The van der Waals surface area contributed by atoms with Crippen molar-refractivity contribution in [3.8, 4) is 17.2 Å². The highest BCUT2D eigenvalue weighted by molar-refractivity contribution is 6.04. The second-order valence-corrected chi connectivity index (χ2v) is 6.39. The van der Waals surface area contributed by atoms with E-state index in [2.05, 4.69) is 17.2 Å². The lowest BCUT2D eigenvalue weighted by Crippen LogP contribution is -2.11. The average Bonchev–Trinajstić information content (AvgIpc) is 3.17. The SMILES string of the molecule is CCCOc1ccc(C(=O)Nc2ccc(-c3nc4ccccc4o3)cc2)cc1. The summed E-state index contributed by atoms with van der Waals surface area (Å²) < 4.78 is 11.3. The molecule has 0 spiro atoms. The molecule has 1 amide bonds. The van der Waals surface area contributed by atoms with Gasteiger partial charge in [-0.1, -0.05) is 19.1 Å². The number of carbonyl (C=O) groups excluding carboxylic acids is 1. The number of amides is 1. The monoisotopic (exact) mass is 372 g/mol. The Bertz CT molecular complexity index is 1050. The van der Waals surface area contributed by atoms with Gasteiger partial charge in [0.2, 0.25) is 5.89 Å². The van der Waals surface area contributed by atoms with Gasteiger partial charge in [-0.2, -0.15) is 0 Å². The van der Waals surface area contributed by atoms with Crippen LogP contribution in [0.25, 0.3) is 22.6 Å². The molecule has 1 aromatic heterocycles. The highest BCUT2D eigenvalue weighted by atomic mass is 16.5. The fourth-order valence-electron chi connectivity index (χ4n) is 2.82. The standard InChI is InChI=1S/C23H20N2O3/c1-2-15-27-19-13-9-16(10-14-19)22(26)24-18-11-7-17(8-12-18)23-25-20-5-3-4-6-21(20)28-23/h3-14H,2,15H2,1H3,(H,24,26). The van der Waals surface area contributed by atoms with Crippen LogP contribution in [0.15, 0.2) is 77.2 Å². The third-order valence-corrected chi connectivity index (χ3v) is 4.27. The van der Waals surface area contributed by atoms with Crippen molar-refractivity contribution in [3.05, 3.63) is 78.4 Å². The zero-order chi connectivity index (χ0) is 19.3. The first-order chi connectivity index (χ1) is 13.7. The van der Waals surface area contributed by atoms with Crippen LogP contribution >= 0.6 is 0 Å². The first-order valence-corrected chi connectivity index (χ1v) is 9.23. The summed E-state index contributed by atoms with van der Waals surface area (Å²) in [7, 11) is 0. The highest BCUT2D eigenvalue weighted by Gasteiger charge is 2.09. The molecule has 0 aliphatic carbocycles. The van der Waals surface area contributed by atoms with E-state index in [1.807, 2.05) is 48.5 Å². The van der Waals surface area contributed by atoms with Gasteiger partial charge in [0.25, 0.3) is 5.91 Å². The van der Waals surface area contributed by atoms with Crippen molar-refractivity contribution in [2.24, 2.45) is 0 Å². The van der Waals surface area contributed by atoms with E-state index in [-0.39, 0.29) is 5.91 Å². The zero-order valence-corrected chi connectivity index (χ0v) is 15.5. The molecule has 0 atom stereocenters. The summed E-state index contributed by atoms with van der Waals surface area (Å²) in [4.78, 5) is 16.9.